The third kappa shape index (κ3) is 2.36. The molecule has 0 fully saturated rings. The van der Waals surface area contributed by atoms with Crippen molar-refractivity contribution < 1.29 is 5.11 Å². The molecule has 1 N–H and O–H groups in total. The van der Waals surface area contributed by atoms with Crippen LogP contribution in [0, 0.1) is 5.92 Å². The molecule has 0 rings (SSSR count). The Morgan fingerprint density at radius 2 is 1.88 bits per heavy atom. The van der Waals surface area contributed by atoms with Gasteiger partial charge in [0, 0.05) is 10.4 Å². The van der Waals surface area contributed by atoms with Crippen LogP contribution < -0.4 is 0 Å². The molecular weight excluding hydrogens is 168 g/mol. The van der Waals surface area contributed by atoms with Gasteiger partial charge in [-0.25, -0.2) is 0 Å². The summed E-state index contributed by atoms with van der Waals surface area (Å²) in [7, 11) is 0. The van der Waals surface area contributed by atoms with Crippen LogP contribution in [0.2, 0.25) is 0 Å². The first-order valence-corrected chi connectivity index (χ1v) is 3.40. The van der Waals surface area contributed by atoms with Gasteiger partial charge in [-0.1, -0.05) is 29.8 Å². The summed E-state index contributed by atoms with van der Waals surface area (Å²) in [6.07, 6.45) is 0. The van der Waals surface area contributed by atoms with Crippen molar-refractivity contribution in [3.05, 3.63) is 10.2 Å². The van der Waals surface area contributed by atoms with Crippen molar-refractivity contribution in [3.8, 4) is 0 Å². The molecule has 2 heteroatoms. The van der Waals surface area contributed by atoms with E-state index in [2.05, 4.69) is 15.9 Å². The van der Waals surface area contributed by atoms with Crippen LogP contribution in [-0.4, -0.2) is 5.11 Å². The van der Waals surface area contributed by atoms with E-state index in [-0.39, 0.29) is 5.92 Å². The lowest BCUT2D eigenvalue weighted by atomic mass is 10.2. The summed E-state index contributed by atoms with van der Waals surface area (Å²) in [4.78, 5) is 0. The van der Waals surface area contributed by atoms with E-state index in [4.69, 9.17) is 5.11 Å². The molecule has 0 saturated heterocycles. The smallest absolute Gasteiger partial charge is 0.105 e. The third-order valence-corrected chi connectivity index (χ3v) is 1.31. The molecule has 0 radical (unpaired) electrons. The lowest BCUT2D eigenvalue weighted by Crippen LogP contribution is -1.92. The van der Waals surface area contributed by atoms with E-state index in [1.807, 2.05) is 20.8 Å². The summed E-state index contributed by atoms with van der Waals surface area (Å²) in [5, 5.41) is 9.04. The maximum atomic E-state index is 9.04. The Morgan fingerprint density at radius 3 is 1.88 bits per heavy atom. The zero-order valence-electron chi connectivity index (χ0n) is 5.40. The highest BCUT2D eigenvalue weighted by molar-refractivity contribution is 9.11. The SMILES string of the molecule is C/C(Br)=C(/O)C(C)C. The van der Waals surface area contributed by atoms with Crippen molar-refractivity contribution >= 4 is 15.9 Å². The van der Waals surface area contributed by atoms with Crippen LogP contribution in [0.1, 0.15) is 20.8 Å². The van der Waals surface area contributed by atoms with Gasteiger partial charge < -0.3 is 5.11 Å². The molecule has 8 heavy (non-hydrogen) atoms. The van der Waals surface area contributed by atoms with Crippen molar-refractivity contribution in [2.24, 2.45) is 5.92 Å². The van der Waals surface area contributed by atoms with Crippen LogP contribution in [0.15, 0.2) is 10.2 Å². The van der Waals surface area contributed by atoms with Crippen molar-refractivity contribution in [1.29, 1.82) is 0 Å². The summed E-state index contributed by atoms with van der Waals surface area (Å²) >= 11 is 3.17. The summed E-state index contributed by atoms with van der Waals surface area (Å²) in [5.74, 6) is 0.666. The quantitative estimate of drug-likeness (QED) is 0.613. The van der Waals surface area contributed by atoms with Gasteiger partial charge in [0.05, 0.1) is 0 Å². The normalized spacial score (nSPS) is 14.1. The number of hydrogen-bond acceptors (Lipinski definition) is 1. The van der Waals surface area contributed by atoms with Gasteiger partial charge in [0.15, 0.2) is 0 Å². The Balaban J connectivity index is 4.00. The molecule has 0 atom stereocenters. The third-order valence-electron chi connectivity index (χ3n) is 0.900. The topological polar surface area (TPSA) is 20.2 Å². The highest BCUT2D eigenvalue weighted by Gasteiger charge is 2.00. The number of aliphatic hydroxyl groups excluding tert-OH is 1. The highest BCUT2D eigenvalue weighted by atomic mass is 79.9. The van der Waals surface area contributed by atoms with Gasteiger partial charge in [-0.3, -0.25) is 0 Å². The van der Waals surface area contributed by atoms with Crippen molar-refractivity contribution in [1.82, 2.24) is 0 Å². The molecule has 0 aromatic heterocycles. The summed E-state index contributed by atoms with van der Waals surface area (Å²) in [5.41, 5.74) is 0. The minimum atomic E-state index is 0.231. The van der Waals surface area contributed by atoms with Crippen molar-refractivity contribution in [3.63, 3.8) is 0 Å². The second-order valence-electron chi connectivity index (χ2n) is 2.07. The Morgan fingerprint density at radius 1 is 1.50 bits per heavy atom. The molecule has 0 amide bonds. The van der Waals surface area contributed by atoms with Crippen LogP contribution in [0.4, 0.5) is 0 Å². The average Bonchev–Trinajstić information content (AvgIpc) is 1.64. The fourth-order valence-electron chi connectivity index (χ4n) is 0.398. The molecule has 0 spiro atoms. The van der Waals surface area contributed by atoms with E-state index in [1.54, 1.807) is 0 Å². The standard InChI is InChI=1S/C6H11BrO/c1-4(2)6(8)5(3)7/h4,8H,1-3H3/b6-5-. The second kappa shape index (κ2) is 3.13. The number of allylic oxidation sites excluding steroid dienone is 2. The van der Waals surface area contributed by atoms with Gasteiger partial charge >= 0.3 is 0 Å². The van der Waals surface area contributed by atoms with E-state index in [0.717, 1.165) is 4.48 Å². The molecule has 0 aliphatic carbocycles. The highest BCUT2D eigenvalue weighted by Crippen LogP contribution is 2.15. The second-order valence-corrected chi connectivity index (χ2v) is 3.26. The monoisotopic (exact) mass is 178 g/mol. The van der Waals surface area contributed by atoms with Crippen LogP contribution >= 0.6 is 15.9 Å². The Hall–Kier alpha value is 0.0200. The Labute approximate surface area is 58.5 Å². The van der Waals surface area contributed by atoms with Gasteiger partial charge in [-0.15, -0.1) is 0 Å². The predicted octanol–water partition coefficient (Wildman–Crippen LogP) is 2.83. The largest absolute Gasteiger partial charge is 0.511 e. The molecule has 0 bridgehead atoms. The van der Waals surface area contributed by atoms with Crippen LogP contribution in [0.25, 0.3) is 0 Å². The van der Waals surface area contributed by atoms with E-state index in [9.17, 15) is 0 Å². The minimum absolute atomic E-state index is 0.231. The molecule has 48 valence electrons. The average molecular weight is 179 g/mol. The van der Waals surface area contributed by atoms with Gasteiger partial charge in [0.2, 0.25) is 0 Å². The molecule has 0 aromatic rings. The van der Waals surface area contributed by atoms with E-state index in [1.165, 1.54) is 0 Å². The Bertz CT molecular complexity index is 101. The van der Waals surface area contributed by atoms with Gasteiger partial charge in [-0.2, -0.15) is 0 Å². The van der Waals surface area contributed by atoms with Gasteiger partial charge in [-0.05, 0) is 6.92 Å². The first-order chi connectivity index (χ1) is 3.55. The zero-order valence-corrected chi connectivity index (χ0v) is 6.99. The van der Waals surface area contributed by atoms with Crippen molar-refractivity contribution in [2.75, 3.05) is 0 Å². The van der Waals surface area contributed by atoms with Gasteiger partial charge in [0.25, 0.3) is 0 Å². The molecule has 0 aliphatic heterocycles. The minimum Gasteiger partial charge on any atom is -0.511 e. The first-order valence-electron chi connectivity index (χ1n) is 2.61. The number of rotatable bonds is 1. The van der Waals surface area contributed by atoms with Crippen LogP contribution in [0.3, 0.4) is 0 Å². The summed E-state index contributed by atoms with van der Waals surface area (Å²) in [6, 6.07) is 0. The molecular formula is C6H11BrO. The van der Waals surface area contributed by atoms with Crippen LogP contribution in [-0.2, 0) is 0 Å². The summed E-state index contributed by atoms with van der Waals surface area (Å²) in [6.45, 7) is 5.72. The first kappa shape index (κ1) is 8.02. The van der Waals surface area contributed by atoms with E-state index >= 15 is 0 Å². The number of aliphatic hydroxyl groups is 1. The fraction of sp³-hybridized carbons (Fsp3) is 0.667. The molecule has 1 nitrogen and oxygen atoms in total. The molecule has 0 aromatic carbocycles. The Kier molecular flexibility index (Phi) is 3.13. The van der Waals surface area contributed by atoms with E-state index in [0.29, 0.717) is 5.76 Å². The molecule has 0 aliphatic rings. The maximum Gasteiger partial charge on any atom is 0.105 e. The number of hydrogen-bond donors (Lipinski definition) is 1. The molecule has 0 saturated carbocycles. The predicted molar refractivity (Wildman–Crippen MR) is 39.1 cm³/mol. The van der Waals surface area contributed by atoms with Gasteiger partial charge in [0.1, 0.15) is 5.76 Å². The summed E-state index contributed by atoms with van der Waals surface area (Å²) < 4.78 is 0.826. The van der Waals surface area contributed by atoms with Crippen molar-refractivity contribution in [2.45, 2.75) is 20.8 Å². The van der Waals surface area contributed by atoms with E-state index < -0.39 is 0 Å². The lowest BCUT2D eigenvalue weighted by Gasteiger charge is -2.02. The van der Waals surface area contributed by atoms with Crippen LogP contribution in [0.5, 0.6) is 0 Å². The zero-order chi connectivity index (χ0) is 6.73. The number of halogens is 1. The lowest BCUT2D eigenvalue weighted by molar-refractivity contribution is 0.349. The molecule has 0 heterocycles. The fourth-order valence-corrected chi connectivity index (χ4v) is 0.856. The maximum absolute atomic E-state index is 9.04. The molecule has 0 unspecified atom stereocenters.